The van der Waals surface area contributed by atoms with Crippen LogP contribution in [0.25, 0.3) is 0 Å². The molecule has 1 aromatic rings. The van der Waals surface area contributed by atoms with Crippen LogP contribution in [0.1, 0.15) is 38.5 Å². The Kier molecular flexibility index (Phi) is 3.24. The Morgan fingerprint density at radius 3 is 2.82 bits per heavy atom. The second-order valence-electron chi connectivity index (χ2n) is 6.86. The maximum absolute atomic E-state index is 12.8. The molecule has 1 aliphatic heterocycles. The first-order valence-corrected chi connectivity index (χ1v) is 8.32. The maximum Gasteiger partial charge on any atom is 0.316 e. The van der Waals surface area contributed by atoms with E-state index < -0.39 is 6.29 Å². The van der Waals surface area contributed by atoms with E-state index in [-0.39, 0.29) is 17.3 Å². The third-order valence-corrected chi connectivity index (χ3v) is 5.80. The van der Waals surface area contributed by atoms with Gasteiger partial charge in [-0.1, -0.05) is 43.2 Å². The lowest BCUT2D eigenvalue weighted by molar-refractivity contribution is -0.159. The van der Waals surface area contributed by atoms with E-state index in [0.717, 1.165) is 43.4 Å². The van der Waals surface area contributed by atoms with Crippen LogP contribution in [-0.2, 0) is 9.53 Å². The number of cyclic esters (lactones) is 1. The molecule has 22 heavy (non-hydrogen) atoms. The summed E-state index contributed by atoms with van der Waals surface area (Å²) in [6.07, 6.45) is 5.94. The highest BCUT2D eigenvalue weighted by Crippen LogP contribution is 2.60. The quantitative estimate of drug-likeness (QED) is 0.609. The van der Waals surface area contributed by atoms with Crippen molar-refractivity contribution in [1.82, 2.24) is 0 Å². The van der Waals surface area contributed by atoms with Crippen molar-refractivity contribution >= 4 is 5.97 Å². The van der Waals surface area contributed by atoms with Gasteiger partial charge in [0.05, 0.1) is 11.3 Å². The summed E-state index contributed by atoms with van der Waals surface area (Å²) in [6, 6.07) is 9.62. The van der Waals surface area contributed by atoms with Crippen LogP contribution in [0.5, 0.6) is 5.75 Å². The standard InChI is InChI=1S/C19H22O3/c1-13-10-11-14-7-5-6-12-19(14)16(13)17(22-18(19)20)21-15-8-3-2-4-9-15/h2-4,8-9,14,16-17H,1,5-7,10-12H2/t14-,16-,17+,19-/m1/s1. The second-order valence-corrected chi connectivity index (χ2v) is 6.86. The van der Waals surface area contributed by atoms with E-state index in [4.69, 9.17) is 9.47 Å². The Morgan fingerprint density at radius 2 is 2.00 bits per heavy atom. The molecule has 4 atom stereocenters. The summed E-state index contributed by atoms with van der Waals surface area (Å²) in [5, 5.41) is 0. The number of hydrogen-bond acceptors (Lipinski definition) is 3. The zero-order valence-corrected chi connectivity index (χ0v) is 12.8. The van der Waals surface area contributed by atoms with E-state index in [1.165, 1.54) is 6.42 Å². The fourth-order valence-corrected chi connectivity index (χ4v) is 4.80. The van der Waals surface area contributed by atoms with Crippen molar-refractivity contribution in [3.63, 3.8) is 0 Å². The zero-order valence-electron chi connectivity index (χ0n) is 12.8. The molecule has 3 nitrogen and oxygen atoms in total. The molecule has 2 saturated carbocycles. The molecule has 1 saturated heterocycles. The van der Waals surface area contributed by atoms with E-state index in [0.29, 0.717) is 5.92 Å². The van der Waals surface area contributed by atoms with Gasteiger partial charge in [-0.3, -0.25) is 4.79 Å². The van der Waals surface area contributed by atoms with Crippen LogP contribution in [0.2, 0.25) is 0 Å². The Labute approximate surface area is 131 Å². The van der Waals surface area contributed by atoms with Crippen molar-refractivity contribution < 1.29 is 14.3 Å². The van der Waals surface area contributed by atoms with Crippen LogP contribution >= 0.6 is 0 Å². The molecule has 2 aliphatic carbocycles. The van der Waals surface area contributed by atoms with Gasteiger partial charge in [0.25, 0.3) is 6.29 Å². The molecular formula is C19H22O3. The topological polar surface area (TPSA) is 35.5 Å². The lowest BCUT2D eigenvalue weighted by Gasteiger charge is -2.46. The number of rotatable bonds is 2. The minimum Gasteiger partial charge on any atom is -0.454 e. The monoisotopic (exact) mass is 298 g/mol. The molecule has 116 valence electrons. The Hall–Kier alpha value is -1.77. The molecule has 3 fully saturated rings. The predicted molar refractivity (Wildman–Crippen MR) is 83.2 cm³/mol. The average molecular weight is 298 g/mol. The van der Waals surface area contributed by atoms with Crippen LogP contribution in [0, 0.1) is 17.3 Å². The van der Waals surface area contributed by atoms with Gasteiger partial charge in [0.2, 0.25) is 0 Å². The molecule has 0 unspecified atom stereocenters. The van der Waals surface area contributed by atoms with Gasteiger partial charge in [0.15, 0.2) is 0 Å². The summed E-state index contributed by atoms with van der Waals surface area (Å²) >= 11 is 0. The molecule has 3 aliphatic rings. The van der Waals surface area contributed by atoms with E-state index in [1.807, 2.05) is 30.3 Å². The van der Waals surface area contributed by atoms with Gasteiger partial charge in [-0.2, -0.15) is 0 Å². The van der Waals surface area contributed by atoms with Gasteiger partial charge in [0.1, 0.15) is 5.75 Å². The molecular weight excluding hydrogens is 276 g/mol. The van der Waals surface area contributed by atoms with E-state index in [2.05, 4.69) is 6.58 Å². The minimum atomic E-state index is -0.511. The van der Waals surface area contributed by atoms with Crippen molar-refractivity contribution in [1.29, 1.82) is 0 Å². The first-order valence-electron chi connectivity index (χ1n) is 8.32. The van der Waals surface area contributed by atoms with Crippen LogP contribution in [0.15, 0.2) is 42.5 Å². The number of carbonyl (C=O) groups is 1. The first kappa shape index (κ1) is 13.9. The number of carbonyl (C=O) groups excluding carboxylic acids is 1. The fraction of sp³-hybridized carbons (Fsp3) is 0.526. The number of esters is 1. The molecule has 1 heterocycles. The van der Waals surface area contributed by atoms with Gasteiger partial charge >= 0.3 is 5.97 Å². The smallest absolute Gasteiger partial charge is 0.316 e. The normalized spacial score (nSPS) is 37.2. The molecule has 1 aromatic carbocycles. The molecule has 0 amide bonds. The van der Waals surface area contributed by atoms with Crippen LogP contribution in [0.4, 0.5) is 0 Å². The summed E-state index contributed by atoms with van der Waals surface area (Å²) in [5.41, 5.74) is 0.762. The van der Waals surface area contributed by atoms with E-state index in [1.54, 1.807) is 0 Å². The number of hydrogen-bond donors (Lipinski definition) is 0. The van der Waals surface area contributed by atoms with Gasteiger partial charge < -0.3 is 9.47 Å². The van der Waals surface area contributed by atoms with Crippen molar-refractivity contribution in [3.05, 3.63) is 42.5 Å². The maximum atomic E-state index is 12.8. The Morgan fingerprint density at radius 1 is 1.18 bits per heavy atom. The highest BCUT2D eigenvalue weighted by Gasteiger charge is 2.64. The Balaban J connectivity index is 1.68. The van der Waals surface area contributed by atoms with Gasteiger partial charge in [-0.25, -0.2) is 0 Å². The number of ether oxygens (including phenoxy) is 2. The van der Waals surface area contributed by atoms with E-state index >= 15 is 0 Å². The minimum absolute atomic E-state index is 0.0132. The van der Waals surface area contributed by atoms with Crippen molar-refractivity contribution in [2.24, 2.45) is 17.3 Å². The highest BCUT2D eigenvalue weighted by molar-refractivity contribution is 5.81. The van der Waals surface area contributed by atoms with Gasteiger partial charge in [-0.15, -0.1) is 0 Å². The molecule has 0 bridgehead atoms. The Bertz CT molecular complexity index is 594. The molecule has 3 heteroatoms. The predicted octanol–water partition coefficient (Wildman–Crippen LogP) is 4.09. The highest BCUT2D eigenvalue weighted by atomic mass is 16.7. The van der Waals surface area contributed by atoms with Crippen LogP contribution < -0.4 is 4.74 Å². The third-order valence-electron chi connectivity index (χ3n) is 5.80. The first-order chi connectivity index (χ1) is 10.7. The van der Waals surface area contributed by atoms with Crippen LogP contribution in [0.3, 0.4) is 0 Å². The fourth-order valence-electron chi connectivity index (χ4n) is 4.80. The summed E-state index contributed by atoms with van der Waals surface area (Å²) in [7, 11) is 0. The average Bonchev–Trinajstić information content (AvgIpc) is 2.81. The van der Waals surface area contributed by atoms with Crippen molar-refractivity contribution in [2.75, 3.05) is 0 Å². The van der Waals surface area contributed by atoms with Crippen LogP contribution in [-0.4, -0.2) is 12.3 Å². The lowest BCUT2D eigenvalue weighted by Crippen LogP contribution is -2.47. The molecule has 0 N–H and O–H groups in total. The summed E-state index contributed by atoms with van der Waals surface area (Å²) in [6.45, 7) is 4.26. The number of benzene rings is 1. The summed E-state index contributed by atoms with van der Waals surface area (Å²) in [5.74, 6) is 1.15. The zero-order chi connectivity index (χ0) is 15.2. The number of para-hydroxylation sites is 1. The third kappa shape index (κ3) is 1.91. The molecule has 4 rings (SSSR count). The lowest BCUT2D eigenvalue weighted by atomic mass is 9.54. The largest absolute Gasteiger partial charge is 0.454 e. The summed E-state index contributed by atoms with van der Waals surface area (Å²) < 4.78 is 11.7. The van der Waals surface area contributed by atoms with Gasteiger partial charge in [-0.05, 0) is 43.7 Å². The van der Waals surface area contributed by atoms with Crippen molar-refractivity contribution in [3.8, 4) is 5.75 Å². The molecule has 1 spiro atoms. The molecule has 0 aromatic heterocycles. The second kappa shape index (κ2) is 5.15. The van der Waals surface area contributed by atoms with Crippen molar-refractivity contribution in [2.45, 2.75) is 44.8 Å². The van der Waals surface area contributed by atoms with E-state index in [9.17, 15) is 4.79 Å². The summed E-state index contributed by atoms with van der Waals surface area (Å²) in [4.78, 5) is 12.8. The molecule has 0 radical (unpaired) electrons. The van der Waals surface area contributed by atoms with Gasteiger partial charge in [0, 0.05) is 0 Å². The SMILES string of the molecule is C=C1CC[C@H]2CCCC[C@@]23C(=O)O[C@H](Oc2ccccc2)[C@@H]13.